The van der Waals surface area contributed by atoms with Gasteiger partial charge in [-0.25, -0.2) is 0 Å². The number of rotatable bonds is 4. The number of carbonyl (C=O) groups excluding carboxylic acids is 2. The molecule has 7 nitrogen and oxygen atoms in total. The van der Waals surface area contributed by atoms with Crippen molar-refractivity contribution >= 4 is 28.5 Å². The Bertz CT molecular complexity index is 1130. The number of fused-ring (bicyclic) bond motifs is 1. The third kappa shape index (κ3) is 4.41. The first kappa shape index (κ1) is 19.8. The molecule has 0 spiro atoms. The van der Waals surface area contributed by atoms with Crippen LogP contribution in [0.2, 0.25) is 0 Å². The van der Waals surface area contributed by atoms with E-state index >= 15 is 0 Å². The second kappa shape index (κ2) is 8.51. The maximum absolute atomic E-state index is 12.5. The van der Waals surface area contributed by atoms with E-state index in [1.165, 1.54) is 6.07 Å². The fourth-order valence-electron chi connectivity index (χ4n) is 3.52. The van der Waals surface area contributed by atoms with E-state index in [4.69, 9.17) is 4.42 Å². The van der Waals surface area contributed by atoms with Crippen molar-refractivity contribution in [2.75, 3.05) is 18.4 Å². The minimum absolute atomic E-state index is 0.0247. The number of benzene rings is 2. The van der Waals surface area contributed by atoms with Crippen molar-refractivity contribution in [2.45, 2.75) is 25.4 Å². The fraction of sp³-hybridized carbons (Fsp3) is 0.261. The zero-order chi connectivity index (χ0) is 21.1. The van der Waals surface area contributed by atoms with Crippen LogP contribution in [0.5, 0.6) is 0 Å². The van der Waals surface area contributed by atoms with E-state index in [9.17, 15) is 19.5 Å². The average molecular weight is 406 g/mol. The normalized spacial score (nSPS) is 14.6. The van der Waals surface area contributed by atoms with Crippen LogP contribution in [-0.4, -0.2) is 41.0 Å². The number of para-hydroxylation sites is 1. The van der Waals surface area contributed by atoms with Crippen LogP contribution >= 0.6 is 0 Å². The number of nitrogens with one attached hydrogen (secondary N) is 1. The highest BCUT2D eigenvalue weighted by Gasteiger charge is 2.21. The SMILES string of the molecule is O=C(Nc1ccc(CC(=O)N2CCC(O)CC2)cc1)c1cc(=O)c2ccccc2o1. The summed E-state index contributed by atoms with van der Waals surface area (Å²) in [4.78, 5) is 38.8. The molecule has 2 N–H and O–H groups in total. The first-order valence-corrected chi connectivity index (χ1v) is 9.88. The Morgan fingerprint density at radius 3 is 2.50 bits per heavy atom. The summed E-state index contributed by atoms with van der Waals surface area (Å²) in [6, 6.07) is 14.9. The second-order valence-electron chi connectivity index (χ2n) is 7.41. The Morgan fingerprint density at radius 1 is 1.07 bits per heavy atom. The quantitative estimate of drug-likeness (QED) is 0.694. The fourth-order valence-corrected chi connectivity index (χ4v) is 3.52. The lowest BCUT2D eigenvalue weighted by Gasteiger charge is -2.29. The molecule has 0 bridgehead atoms. The Hall–Kier alpha value is -3.45. The summed E-state index contributed by atoms with van der Waals surface area (Å²) in [5.74, 6) is -0.560. The molecule has 2 amide bonds. The van der Waals surface area contributed by atoms with Crippen LogP contribution in [0.25, 0.3) is 11.0 Å². The van der Waals surface area contributed by atoms with Gasteiger partial charge in [-0.2, -0.15) is 0 Å². The molecule has 1 fully saturated rings. The van der Waals surface area contributed by atoms with Gasteiger partial charge in [-0.15, -0.1) is 0 Å². The van der Waals surface area contributed by atoms with Gasteiger partial charge in [-0.3, -0.25) is 14.4 Å². The van der Waals surface area contributed by atoms with E-state index in [0.29, 0.717) is 42.6 Å². The van der Waals surface area contributed by atoms with Gasteiger partial charge in [0, 0.05) is 24.8 Å². The highest BCUT2D eigenvalue weighted by Crippen LogP contribution is 2.16. The van der Waals surface area contributed by atoms with Crippen molar-refractivity contribution in [3.05, 3.63) is 76.1 Å². The Kier molecular flexibility index (Phi) is 5.63. The molecule has 30 heavy (non-hydrogen) atoms. The summed E-state index contributed by atoms with van der Waals surface area (Å²) in [5.41, 5.74) is 1.45. The maximum Gasteiger partial charge on any atom is 0.291 e. The number of anilines is 1. The van der Waals surface area contributed by atoms with Gasteiger partial charge in [0.2, 0.25) is 5.91 Å². The number of hydrogen-bond acceptors (Lipinski definition) is 5. The summed E-state index contributed by atoms with van der Waals surface area (Å²) in [7, 11) is 0. The third-order valence-corrected chi connectivity index (χ3v) is 5.24. The van der Waals surface area contributed by atoms with Gasteiger partial charge < -0.3 is 19.7 Å². The maximum atomic E-state index is 12.5. The molecule has 2 aromatic carbocycles. The Morgan fingerprint density at radius 2 is 1.77 bits per heavy atom. The van der Waals surface area contributed by atoms with Gasteiger partial charge in [-0.1, -0.05) is 24.3 Å². The predicted molar refractivity (Wildman–Crippen MR) is 112 cm³/mol. The van der Waals surface area contributed by atoms with Crippen molar-refractivity contribution < 1.29 is 19.1 Å². The predicted octanol–water partition coefficient (Wildman–Crippen LogP) is 2.57. The van der Waals surface area contributed by atoms with Gasteiger partial charge in [-0.05, 0) is 42.7 Å². The van der Waals surface area contributed by atoms with Crippen LogP contribution in [0.1, 0.15) is 29.0 Å². The van der Waals surface area contributed by atoms with Gasteiger partial charge in [0.25, 0.3) is 5.91 Å². The zero-order valence-corrected chi connectivity index (χ0v) is 16.3. The zero-order valence-electron chi connectivity index (χ0n) is 16.3. The molecule has 0 aliphatic carbocycles. The van der Waals surface area contributed by atoms with Crippen LogP contribution in [-0.2, 0) is 11.2 Å². The Labute approximate surface area is 172 Å². The molecule has 4 rings (SSSR count). The standard InChI is InChI=1S/C23H22N2O5/c26-17-9-11-25(12-10-17)22(28)13-15-5-7-16(8-6-15)24-23(29)21-14-19(27)18-3-1-2-4-20(18)30-21/h1-8,14,17,26H,9-13H2,(H,24,29). The molecule has 154 valence electrons. The highest BCUT2D eigenvalue weighted by atomic mass is 16.3. The lowest BCUT2D eigenvalue weighted by molar-refractivity contribution is -0.132. The van der Waals surface area contributed by atoms with Crippen LogP contribution < -0.4 is 10.7 Å². The van der Waals surface area contributed by atoms with Crippen molar-refractivity contribution in [1.29, 1.82) is 0 Å². The molecule has 7 heteroatoms. The molecule has 1 aliphatic heterocycles. The van der Waals surface area contributed by atoms with Gasteiger partial charge in [0.15, 0.2) is 11.2 Å². The van der Waals surface area contributed by atoms with E-state index in [1.807, 2.05) is 0 Å². The van der Waals surface area contributed by atoms with Crippen LogP contribution in [0.15, 0.2) is 63.8 Å². The first-order valence-electron chi connectivity index (χ1n) is 9.88. The minimum Gasteiger partial charge on any atom is -0.451 e. The number of aliphatic hydroxyl groups excluding tert-OH is 1. The van der Waals surface area contributed by atoms with Crippen LogP contribution in [0, 0.1) is 0 Å². The van der Waals surface area contributed by atoms with Crippen molar-refractivity contribution in [3.8, 4) is 0 Å². The lowest BCUT2D eigenvalue weighted by Crippen LogP contribution is -2.40. The molecule has 0 radical (unpaired) electrons. The van der Waals surface area contributed by atoms with Crippen molar-refractivity contribution in [3.63, 3.8) is 0 Å². The number of aliphatic hydroxyl groups is 1. The van der Waals surface area contributed by atoms with Crippen molar-refractivity contribution in [1.82, 2.24) is 4.90 Å². The smallest absolute Gasteiger partial charge is 0.291 e. The second-order valence-corrected chi connectivity index (χ2v) is 7.41. The van der Waals surface area contributed by atoms with E-state index in [-0.39, 0.29) is 29.6 Å². The number of amides is 2. The molecule has 3 aromatic rings. The first-order chi connectivity index (χ1) is 14.5. The largest absolute Gasteiger partial charge is 0.451 e. The monoisotopic (exact) mass is 406 g/mol. The summed E-state index contributed by atoms with van der Waals surface area (Å²) in [5, 5.41) is 12.7. The molecule has 0 atom stereocenters. The van der Waals surface area contributed by atoms with Gasteiger partial charge >= 0.3 is 0 Å². The molecule has 1 aliphatic rings. The summed E-state index contributed by atoms with van der Waals surface area (Å²) >= 11 is 0. The molecule has 0 saturated carbocycles. The number of hydrogen-bond donors (Lipinski definition) is 2. The van der Waals surface area contributed by atoms with E-state index in [2.05, 4.69) is 5.32 Å². The summed E-state index contributed by atoms with van der Waals surface area (Å²) < 4.78 is 5.55. The number of nitrogens with zero attached hydrogens (tertiary/aromatic N) is 1. The third-order valence-electron chi connectivity index (χ3n) is 5.24. The average Bonchev–Trinajstić information content (AvgIpc) is 2.75. The number of likely N-dealkylation sites (tertiary alicyclic amines) is 1. The molecule has 1 aromatic heterocycles. The van der Waals surface area contributed by atoms with Crippen molar-refractivity contribution in [2.24, 2.45) is 0 Å². The topological polar surface area (TPSA) is 99.9 Å². The summed E-state index contributed by atoms with van der Waals surface area (Å²) in [6.07, 6.45) is 1.18. The molecular formula is C23H22N2O5. The number of carbonyl (C=O) groups is 2. The van der Waals surface area contributed by atoms with E-state index in [0.717, 1.165) is 5.56 Å². The minimum atomic E-state index is -0.520. The van der Waals surface area contributed by atoms with Gasteiger partial charge in [0.05, 0.1) is 17.9 Å². The van der Waals surface area contributed by atoms with E-state index < -0.39 is 5.91 Å². The Balaban J connectivity index is 1.40. The lowest BCUT2D eigenvalue weighted by atomic mass is 10.1. The highest BCUT2D eigenvalue weighted by molar-refractivity contribution is 6.03. The molecular weight excluding hydrogens is 384 g/mol. The van der Waals surface area contributed by atoms with Gasteiger partial charge in [0.1, 0.15) is 5.58 Å². The van der Waals surface area contributed by atoms with Crippen LogP contribution in [0.4, 0.5) is 5.69 Å². The molecule has 0 unspecified atom stereocenters. The van der Waals surface area contributed by atoms with E-state index in [1.54, 1.807) is 53.4 Å². The van der Waals surface area contributed by atoms with Crippen LogP contribution in [0.3, 0.4) is 0 Å². The summed E-state index contributed by atoms with van der Waals surface area (Å²) in [6.45, 7) is 1.15. The number of piperidine rings is 1. The molecule has 1 saturated heterocycles. The molecule has 2 heterocycles.